The number of benzene rings is 1. The number of hydrogen-bond acceptors (Lipinski definition) is 5. The minimum atomic E-state index is -0.665. The number of carbonyl (C=O) groups is 2. The largest absolute Gasteiger partial charge is 0.503 e. The molecule has 2 rings (SSSR count). The third kappa shape index (κ3) is 2.45. The molecule has 1 aliphatic heterocycles. The van der Waals surface area contributed by atoms with E-state index in [9.17, 15) is 14.7 Å². The number of aliphatic hydroxyl groups is 1. The lowest BCUT2D eigenvalue weighted by atomic mass is 10.2. The Labute approximate surface area is 116 Å². The van der Waals surface area contributed by atoms with Gasteiger partial charge in [0.05, 0.1) is 18.8 Å². The molecule has 0 fully saturated rings. The van der Waals surface area contributed by atoms with Crippen LogP contribution >= 0.6 is 0 Å². The minimum Gasteiger partial charge on any atom is -0.503 e. The van der Waals surface area contributed by atoms with Gasteiger partial charge in [-0.2, -0.15) is 0 Å². The molecule has 1 aliphatic rings. The van der Waals surface area contributed by atoms with Gasteiger partial charge in [-0.1, -0.05) is 18.2 Å². The summed E-state index contributed by atoms with van der Waals surface area (Å²) in [5.74, 6) is -1.83. The van der Waals surface area contributed by atoms with Gasteiger partial charge in [-0.05, 0) is 19.1 Å². The van der Waals surface area contributed by atoms with E-state index in [2.05, 4.69) is 0 Å². The molecule has 1 heterocycles. The third-order valence-corrected chi connectivity index (χ3v) is 3.04. The number of nitrogens with zero attached hydrogens (tertiary/aromatic N) is 2. The molecule has 0 aliphatic carbocycles. The zero-order chi connectivity index (χ0) is 14.7. The predicted octanol–water partition coefficient (Wildman–Crippen LogP) is 1.26. The molecule has 0 atom stereocenters. The Hall–Kier alpha value is -2.50. The summed E-state index contributed by atoms with van der Waals surface area (Å²) in [4.78, 5) is 23.7. The van der Waals surface area contributed by atoms with Crippen LogP contribution in [0.1, 0.15) is 6.92 Å². The lowest BCUT2D eigenvalue weighted by Gasteiger charge is -2.29. The molecule has 1 aromatic carbocycles. The van der Waals surface area contributed by atoms with Crippen LogP contribution in [0.3, 0.4) is 0 Å². The van der Waals surface area contributed by atoms with Crippen LogP contribution in [0.4, 0.5) is 5.69 Å². The molecule has 20 heavy (non-hydrogen) atoms. The van der Waals surface area contributed by atoms with Crippen molar-refractivity contribution in [1.82, 2.24) is 5.01 Å². The van der Waals surface area contributed by atoms with Crippen molar-refractivity contribution in [3.8, 4) is 0 Å². The standard InChI is InChI=1S/C14H16N2O4/c1-3-20-14(19)11-9-16(13(18)12(11)17)15(2)10-7-5-4-6-8-10/h4-8,17H,3,9H2,1-2H3. The van der Waals surface area contributed by atoms with Crippen molar-refractivity contribution in [2.45, 2.75) is 6.92 Å². The summed E-state index contributed by atoms with van der Waals surface area (Å²) >= 11 is 0. The van der Waals surface area contributed by atoms with Gasteiger partial charge in [0.2, 0.25) is 0 Å². The highest BCUT2D eigenvalue weighted by molar-refractivity contribution is 6.05. The molecule has 6 nitrogen and oxygen atoms in total. The molecule has 1 amide bonds. The van der Waals surface area contributed by atoms with E-state index in [4.69, 9.17) is 4.74 Å². The third-order valence-electron chi connectivity index (χ3n) is 3.04. The number of carbonyl (C=O) groups excluding carboxylic acids is 2. The zero-order valence-electron chi connectivity index (χ0n) is 11.4. The highest BCUT2D eigenvalue weighted by Crippen LogP contribution is 2.23. The summed E-state index contributed by atoms with van der Waals surface area (Å²) in [5.41, 5.74) is 0.762. The molecule has 0 saturated carbocycles. The fourth-order valence-electron chi connectivity index (χ4n) is 1.95. The number of ether oxygens (including phenoxy) is 1. The number of aliphatic hydroxyl groups excluding tert-OH is 1. The smallest absolute Gasteiger partial charge is 0.339 e. The number of esters is 1. The van der Waals surface area contributed by atoms with Gasteiger partial charge in [-0.3, -0.25) is 9.80 Å². The average molecular weight is 276 g/mol. The molecule has 0 aromatic heterocycles. The Bertz CT molecular complexity index is 554. The number of hydrogen-bond donors (Lipinski definition) is 1. The second-order valence-corrected chi connectivity index (χ2v) is 4.27. The summed E-state index contributed by atoms with van der Waals surface area (Å²) in [6.07, 6.45) is 0. The fraction of sp³-hybridized carbons (Fsp3) is 0.286. The average Bonchev–Trinajstić information content (AvgIpc) is 2.76. The van der Waals surface area contributed by atoms with E-state index in [-0.39, 0.29) is 18.7 Å². The van der Waals surface area contributed by atoms with E-state index in [0.29, 0.717) is 0 Å². The molecule has 106 valence electrons. The second-order valence-electron chi connectivity index (χ2n) is 4.27. The maximum Gasteiger partial charge on any atom is 0.339 e. The summed E-state index contributed by atoms with van der Waals surface area (Å²) in [6, 6.07) is 9.19. The Morgan fingerprint density at radius 3 is 2.65 bits per heavy atom. The molecule has 0 unspecified atom stereocenters. The van der Waals surface area contributed by atoms with Crippen LogP contribution in [-0.2, 0) is 14.3 Å². The van der Waals surface area contributed by atoms with Crippen molar-refractivity contribution in [2.75, 3.05) is 25.2 Å². The topological polar surface area (TPSA) is 70.1 Å². The Morgan fingerprint density at radius 1 is 1.40 bits per heavy atom. The number of hydrazine groups is 1. The van der Waals surface area contributed by atoms with E-state index in [1.807, 2.05) is 30.3 Å². The van der Waals surface area contributed by atoms with Crippen LogP contribution < -0.4 is 5.01 Å². The molecule has 0 bridgehead atoms. The first kappa shape index (κ1) is 13.9. The Morgan fingerprint density at radius 2 is 2.05 bits per heavy atom. The van der Waals surface area contributed by atoms with Crippen LogP contribution in [0.25, 0.3) is 0 Å². The Balaban J connectivity index is 2.18. The van der Waals surface area contributed by atoms with Crippen LogP contribution in [0.5, 0.6) is 0 Å². The van der Waals surface area contributed by atoms with Gasteiger partial charge in [-0.15, -0.1) is 0 Å². The summed E-state index contributed by atoms with van der Waals surface area (Å²) in [5, 5.41) is 12.7. The van der Waals surface area contributed by atoms with E-state index >= 15 is 0 Å². The van der Waals surface area contributed by atoms with Crippen LogP contribution in [0, 0.1) is 0 Å². The van der Waals surface area contributed by atoms with Gasteiger partial charge in [-0.25, -0.2) is 9.80 Å². The molecule has 0 radical (unpaired) electrons. The summed E-state index contributed by atoms with van der Waals surface area (Å²) < 4.78 is 4.82. The SMILES string of the molecule is CCOC(=O)C1=C(O)C(=O)N(N(C)c2ccccc2)C1. The van der Waals surface area contributed by atoms with Gasteiger partial charge in [0.1, 0.15) is 5.57 Å². The van der Waals surface area contributed by atoms with Crippen molar-refractivity contribution >= 4 is 17.6 Å². The molecule has 6 heteroatoms. The van der Waals surface area contributed by atoms with Crippen molar-refractivity contribution < 1.29 is 19.4 Å². The summed E-state index contributed by atoms with van der Waals surface area (Å²) in [7, 11) is 1.69. The van der Waals surface area contributed by atoms with Gasteiger partial charge in [0.25, 0.3) is 0 Å². The molecular formula is C14H16N2O4. The van der Waals surface area contributed by atoms with Gasteiger partial charge >= 0.3 is 11.9 Å². The zero-order valence-corrected chi connectivity index (χ0v) is 11.4. The van der Waals surface area contributed by atoms with Gasteiger partial charge < -0.3 is 9.84 Å². The first-order valence-electron chi connectivity index (χ1n) is 6.26. The highest BCUT2D eigenvalue weighted by atomic mass is 16.5. The van der Waals surface area contributed by atoms with Crippen molar-refractivity contribution in [1.29, 1.82) is 0 Å². The lowest BCUT2D eigenvalue weighted by molar-refractivity contribution is -0.138. The number of rotatable bonds is 4. The first-order valence-corrected chi connectivity index (χ1v) is 6.26. The quantitative estimate of drug-likeness (QED) is 0.838. The monoisotopic (exact) mass is 276 g/mol. The molecule has 1 N–H and O–H groups in total. The van der Waals surface area contributed by atoms with Crippen LogP contribution in [-0.4, -0.2) is 42.2 Å². The van der Waals surface area contributed by atoms with E-state index in [1.54, 1.807) is 19.0 Å². The fourth-order valence-corrected chi connectivity index (χ4v) is 1.95. The van der Waals surface area contributed by atoms with Gasteiger partial charge in [0, 0.05) is 7.05 Å². The number of amides is 1. The number of para-hydroxylation sites is 1. The molecule has 0 spiro atoms. The molecular weight excluding hydrogens is 260 g/mol. The normalized spacial score (nSPS) is 14.7. The van der Waals surface area contributed by atoms with E-state index in [0.717, 1.165) is 5.69 Å². The molecule has 1 aromatic rings. The maximum atomic E-state index is 12.0. The highest BCUT2D eigenvalue weighted by Gasteiger charge is 2.37. The van der Waals surface area contributed by atoms with Crippen LogP contribution in [0.15, 0.2) is 41.7 Å². The predicted molar refractivity (Wildman–Crippen MR) is 72.8 cm³/mol. The molecule has 0 saturated heterocycles. The van der Waals surface area contributed by atoms with E-state index in [1.165, 1.54) is 5.01 Å². The Kier molecular flexibility index (Phi) is 3.93. The maximum absolute atomic E-state index is 12.0. The van der Waals surface area contributed by atoms with Crippen LogP contribution in [0.2, 0.25) is 0 Å². The number of anilines is 1. The summed E-state index contributed by atoms with van der Waals surface area (Å²) in [6.45, 7) is 1.85. The van der Waals surface area contributed by atoms with Crippen molar-refractivity contribution in [3.63, 3.8) is 0 Å². The minimum absolute atomic E-state index is 0.00507. The van der Waals surface area contributed by atoms with Crippen molar-refractivity contribution in [3.05, 3.63) is 41.7 Å². The van der Waals surface area contributed by atoms with Crippen molar-refractivity contribution in [2.24, 2.45) is 0 Å². The first-order chi connectivity index (χ1) is 9.56. The lowest BCUT2D eigenvalue weighted by Crippen LogP contribution is -2.42. The second kappa shape index (κ2) is 5.64. The van der Waals surface area contributed by atoms with Gasteiger partial charge in [0.15, 0.2) is 5.76 Å². The van der Waals surface area contributed by atoms with E-state index < -0.39 is 17.6 Å².